The first-order valence-electron chi connectivity index (χ1n) is 7.27. The summed E-state index contributed by atoms with van der Waals surface area (Å²) in [6.45, 7) is 3.74. The maximum atomic E-state index is 12.3. The minimum absolute atomic E-state index is 0.0713. The predicted octanol–water partition coefficient (Wildman–Crippen LogP) is 3.12. The van der Waals surface area contributed by atoms with E-state index in [0.717, 1.165) is 44.3 Å². The van der Waals surface area contributed by atoms with E-state index in [2.05, 4.69) is 23.3 Å². The third-order valence-electron chi connectivity index (χ3n) is 3.64. The highest BCUT2D eigenvalue weighted by atomic mass is 16.2. The van der Waals surface area contributed by atoms with Gasteiger partial charge in [0.15, 0.2) is 0 Å². The Balaban J connectivity index is 2.01. The number of pyridine rings is 1. The van der Waals surface area contributed by atoms with Gasteiger partial charge in [0.05, 0.1) is 6.04 Å². The lowest BCUT2D eigenvalue weighted by Gasteiger charge is -2.35. The molecule has 0 saturated carbocycles. The van der Waals surface area contributed by atoms with Crippen molar-refractivity contribution in [3.63, 3.8) is 0 Å². The first-order chi connectivity index (χ1) is 9.33. The summed E-state index contributed by atoms with van der Waals surface area (Å²) in [7, 11) is 0. The third kappa shape index (κ3) is 3.69. The van der Waals surface area contributed by atoms with Gasteiger partial charge in [-0.25, -0.2) is 4.79 Å². The van der Waals surface area contributed by atoms with Crippen LogP contribution in [0.3, 0.4) is 0 Å². The monoisotopic (exact) mass is 261 g/mol. The fourth-order valence-electron chi connectivity index (χ4n) is 2.57. The molecular weight excluding hydrogens is 238 g/mol. The van der Waals surface area contributed by atoms with Crippen molar-refractivity contribution in [2.45, 2.75) is 45.1 Å². The molecular formula is C15H23N3O. The zero-order valence-corrected chi connectivity index (χ0v) is 11.6. The summed E-state index contributed by atoms with van der Waals surface area (Å²) in [6, 6.07) is 4.26. The highest BCUT2D eigenvalue weighted by molar-refractivity contribution is 5.74. The SMILES string of the molecule is CCCCNC(=O)N1CCCC[C@H]1c1cccnc1. The number of nitrogens with zero attached hydrogens (tertiary/aromatic N) is 2. The molecule has 104 valence electrons. The molecule has 0 aromatic carbocycles. The van der Waals surface area contributed by atoms with Crippen LogP contribution in [-0.4, -0.2) is 29.0 Å². The Bertz CT molecular complexity index is 394. The van der Waals surface area contributed by atoms with Crippen LogP contribution in [0.2, 0.25) is 0 Å². The number of likely N-dealkylation sites (tertiary alicyclic amines) is 1. The zero-order valence-electron chi connectivity index (χ0n) is 11.6. The minimum atomic E-state index is 0.0713. The first kappa shape index (κ1) is 13.8. The van der Waals surface area contributed by atoms with Crippen LogP contribution in [-0.2, 0) is 0 Å². The fraction of sp³-hybridized carbons (Fsp3) is 0.600. The normalized spacial score (nSPS) is 19.2. The number of carbonyl (C=O) groups excluding carboxylic acids is 1. The largest absolute Gasteiger partial charge is 0.338 e. The van der Waals surface area contributed by atoms with Gasteiger partial charge in [0, 0.05) is 25.5 Å². The molecule has 0 radical (unpaired) electrons. The summed E-state index contributed by atoms with van der Waals surface area (Å²) >= 11 is 0. The summed E-state index contributed by atoms with van der Waals surface area (Å²) in [5.41, 5.74) is 1.15. The number of unbranched alkanes of at least 4 members (excludes halogenated alkanes) is 1. The van der Waals surface area contributed by atoms with Gasteiger partial charge in [-0.05, 0) is 37.3 Å². The van der Waals surface area contributed by atoms with Crippen LogP contribution in [0.15, 0.2) is 24.5 Å². The van der Waals surface area contributed by atoms with Crippen LogP contribution in [0, 0.1) is 0 Å². The van der Waals surface area contributed by atoms with Crippen LogP contribution < -0.4 is 5.32 Å². The van der Waals surface area contributed by atoms with E-state index >= 15 is 0 Å². The second kappa shape index (κ2) is 7.12. The smallest absolute Gasteiger partial charge is 0.317 e. The van der Waals surface area contributed by atoms with E-state index in [1.807, 2.05) is 17.2 Å². The number of aromatic nitrogens is 1. The lowest BCUT2D eigenvalue weighted by Crippen LogP contribution is -2.44. The number of carbonyl (C=O) groups is 1. The topological polar surface area (TPSA) is 45.2 Å². The Hall–Kier alpha value is -1.58. The van der Waals surface area contributed by atoms with E-state index in [1.165, 1.54) is 6.42 Å². The van der Waals surface area contributed by atoms with Gasteiger partial charge in [-0.15, -0.1) is 0 Å². The fourth-order valence-corrected chi connectivity index (χ4v) is 2.57. The van der Waals surface area contributed by atoms with Crippen LogP contribution >= 0.6 is 0 Å². The molecule has 19 heavy (non-hydrogen) atoms. The van der Waals surface area contributed by atoms with E-state index in [0.29, 0.717) is 0 Å². The Labute approximate surface area is 115 Å². The van der Waals surface area contributed by atoms with Crippen LogP contribution in [0.5, 0.6) is 0 Å². The van der Waals surface area contributed by atoms with Crippen molar-refractivity contribution in [3.05, 3.63) is 30.1 Å². The number of hydrogen-bond donors (Lipinski definition) is 1. The van der Waals surface area contributed by atoms with Gasteiger partial charge >= 0.3 is 6.03 Å². The van der Waals surface area contributed by atoms with Crippen LogP contribution in [0.4, 0.5) is 4.79 Å². The molecule has 2 amide bonds. The summed E-state index contributed by atoms with van der Waals surface area (Å²) in [5, 5.41) is 3.02. The van der Waals surface area contributed by atoms with E-state index in [9.17, 15) is 4.79 Å². The van der Waals surface area contributed by atoms with Crippen molar-refractivity contribution in [2.75, 3.05) is 13.1 Å². The molecule has 0 aliphatic carbocycles. The molecule has 1 aliphatic rings. The maximum Gasteiger partial charge on any atom is 0.317 e. The van der Waals surface area contributed by atoms with Gasteiger partial charge < -0.3 is 10.2 Å². The molecule has 4 heteroatoms. The van der Waals surface area contributed by atoms with E-state index < -0.39 is 0 Å². The van der Waals surface area contributed by atoms with Crippen molar-refractivity contribution in [3.8, 4) is 0 Å². The molecule has 0 spiro atoms. The van der Waals surface area contributed by atoms with Gasteiger partial charge in [-0.3, -0.25) is 4.98 Å². The molecule has 2 heterocycles. The highest BCUT2D eigenvalue weighted by Crippen LogP contribution is 2.30. The summed E-state index contributed by atoms with van der Waals surface area (Å²) in [4.78, 5) is 18.4. The predicted molar refractivity (Wildman–Crippen MR) is 75.8 cm³/mol. The maximum absolute atomic E-state index is 12.3. The molecule has 1 N–H and O–H groups in total. The van der Waals surface area contributed by atoms with Gasteiger partial charge in [0.25, 0.3) is 0 Å². The van der Waals surface area contributed by atoms with Gasteiger partial charge in [0.1, 0.15) is 0 Å². The highest BCUT2D eigenvalue weighted by Gasteiger charge is 2.27. The average molecular weight is 261 g/mol. The Morgan fingerprint density at radius 3 is 3.16 bits per heavy atom. The number of nitrogens with one attached hydrogen (secondary N) is 1. The lowest BCUT2D eigenvalue weighted by molar-refractivity contribution is 0.151. The molecule has 0 bridgehead atoms. The Morgan fingerprint density at radius 1 is 1.53 bits per heavy atom. The Morgan fingerprint density at radius 2 is 2.42 bits per heavy atom. The molecule has 1 fully saturated rings. The molecule has 2 rings (SSSR count). The summed E-state index contributed by atoms with van der Waals surface area (Å²) in [5.74, 6) is 0. The third-order valence-corrected chi connectivity index (χ3v) is 3.64. The second-order valence-electron chi connectivity index (χ2n) is 5.08. The summed E-state index contributed by atoms with van der Waals surface area (Å²) < 4.78 is 0. The van der Waals surface area contributed by atoms with Crippen LogP contribution in [0.25, 0.3) is 0 Å². The second-order valence-corrected chi connectivity index (χ2v) is 5.08. The number of hydrogen-bond acceptors (Lipinski definition) is 2. The average Bonchev–Trinajstić information content (AvgIpc) is 2.48. The van der Waals surface area contributed by atoms with Crippen molar-refractivity contribution < 1.29 is 4.79 Å². The number of rotatable bonds is 4. The molecule has 0 unspecified atom stereocenters. The molecule has 1 aromatic rings. The Kier molecular flexibility index (Phi) is 5.19. The van der Waals surface area contributed by atoms with Gasteiger partial charge in [0.2, 0.25) is 0 Å². The van der Waals surface area contributed by atoms with Gasteiger partial charge in [-0.1, -0.05) is 19.4 Å². The zero-order chi connectivity index (χ0) is 13.5. The van der Waals surface area contributed by atoms with Crippen molar-refractivity contribution in [1.82, 2.24) is 15.2 Å². The minimum Gasteiger partial charge on any atom is -0.338 e. The molecule has 1 atom stereocenters. The van der Waals surface area contributed by atoms with E-state index in [-0.39, 0.29) is 12.1 Å². The molecule has 4 nitrogen and oxygen atoms in total. The lowest BCUT2D eigenvalue weighted by atomic mass is 9.97. The van der Waals surface area contributed by atoms with Crippen molar-refractivity contribution in [2.24, 2.45) is 0 Å². The standard InChI is InChI=1S/C15H23N3O/c1-2-3-10-17-15(19)18-11-5-4-8-14(18)13-7-6-9-16-12-13/h6-7,9,12,14H,2-5,8,10-11H2,1H3,(H,17,19)/t14-/m0/s1. The summed E-state index contributed by atoms with van der Waals surface area (Å²) in [6.07, 6.45) is 9.10. The molecule has 1 aromatic heterocycles. The van der Waals surface area contributed by atoms with E-state index in [1.54, 1.807) is 6.20 Å². The number of urea groups is 1. The number of piperidine rings is 1. The van der Waals surface area contributed by atoms with Crippen molar-refractivity contribution >= 4 is 6.03 Å². The molecule has 1 aliphatic heterocycles. The number of amides is 2. The quantitative estimate of drug-likeness (QED) is 0.846. The van der Waals surface area contributed by atoms with E-state index in [4.69, 9.17) is 0 Å². The first-order valence-corrected chi connectivity index (χ1v) is 7.27. The van der Waals surface area contributed by atoms with Gasteiger partial charge in [-0.2, -0.15) is 0 Å². The molecule has 1 saturated heterocycles. The van der Waals surface area contributed by atoms with Crippen molar-refractivity contribution in [1.29, 1.82) is 0 Å². The van der Waals surface area contributed by atoms with Crippen LogP contribution in [0.1, 0.15) is 50.6 Å².